The lowest BCUT2D eigenvalue weighted by molar-refractivity contribution is 0.603. The maximum absolute atomic E-state index is 12.1. The predicted molar refractivity (Wildman–Crippen MR) is 81.4 cm³/mol. The number of nitrogen functional groups attached to an aromatic ring is 1. The molecule has 18 heavy (non-hydrogen) atoms. The van der Waals surface area contributed by atoms with E-state index >= 15 is 0 Å². The minimum atomic E-state index is -3.57. The quantitative estimate of drug-likeness (QED) is 0.757. The minimum absolute atomic E-state index is 0.246. The summed E-state index contributed by atoms with van der Waals surface area (Å²) in [5.74, 6) is 0. The van der Waals surface area contributed by atoms with Crippen LogP contribution in [0.25, 0.3) is 0 Å². The van der Waals surface area contributed by atoms with Gasteiger partial charge < -0.3 is 5.73 Å². The molecule has 0 spiro atoms. The lowest BCUT2D eigenvalue weighted by Crippen LogP contribution is -2.12. The number of hydrogen-bond donors (Lipinski definition) is 2. The largest absolute Gasteiger partial charge is 0.398 e. The number of nitrogens with one attached hydrogen (secondary N) is 1. The van der Waals surface area contributed by atoms with Gasteiger partial charge in [0.05, 0.1) is 5.69 Å². The lowest BCUT2D eigenvalue weighted by Gasteiger charge is -2.08. The fourth-order valence-electron chi connectivity index (χ4n) is 1.26. The first-order valence-electron chi connectivity index (χ1n) is 4.71. The van der Waals surface area contributed by atoms with Crippen LogP contribution in [0.4, 0.5) is 11.4 Å². The van der Waals surface area contributed by atoms with Crippen molar-refractivity contribution < 1.29 is 8.42 Å². The summed E-state index contributed by atoms with van der Waals surface area (Å²) in [5, 5.41) is 1.71. The Bertz CT molecular complexity index is 683. The molecule has 0 fully saturated rings. The zero-order chi connectivity index (χ0) is 13.3. The average Bonchev–Trinajstić information content (AvgIpc) is 2.70. The highest BCUT2D eigenvalue weighted by Gasteiger charge is 2.19. The van der Waals surface area contributed by atoms with Crippen molar-refractivity contribution in [3.05, 3.63) is 38.6 Å². The summed E-state index contributed by atoms with van der Waals surface area (Å²) < 4.78 is 28.1. The number of anilines is 2. The van der Waals surface area contributed by atoms with Crippen molar-refractivity contribution in [3.63, 3.8) is 0 Å². The van der Waals surface area contributed by atoms with Gasteiger partial charge in [-0.2, -0.15) is 0 Å². The molecular weight excluding hydrogens is 404 g/mol. The van der Waals surface area contributed by atoms with E-state index < -0.39 is 10.0 Å². The van der Waals surface area contributed by atoms with Gasteiger partial charge in [0.25, 0.3) is 10.0 Å². The third-order valence-electron chi connectivity index (χ3n) is 2.08. The van der Waals surface area contributed by atoms with Crippen molar-refractivity contribution in [2.45, 2.75) is 4.21 Å². The summed E-state index contributed by atoms with van der Waals surface area (Å²) in [5.41, 5.74) is 6.65. The predicted octanol–water partition coefficient (Wildman–Crippen LogP) is 3.66. The molecule has 0 radical (unpaired) electrons. The number of sulfonamides is 1. The van der Waals surface area contributed by atoms with E-state index in [1.807, 2.05) is 0 Å². The molecule has 0 aliphatic rings. The first-order chi connectivity index (χ1) is 8.40. The van der Waals surface area contributed by atoms with Gasteiger partial charge in [-0.05, 0) is 61.5 Å². The van der Waals surface area contributed by atoms with E-state index in [1.54, 1.807) is 29.6 Å². The highest BCUT2D eigenvalue weighted by molar-refractivity contribution is 9.11. The number of hydrogen-bond acceptors (Lipinski definition) is 4. The fraction of sp³-hybridized carbons (Fsp3) is 0. The molecule has 0 atom stereocenters. The standard InChI is InChI=1S/C10H8Br2N2O2S2/c11-7-3-4-17-10(7)18(15,16)14-6-1-2-9(13)8(12)5-6/h1-5,14H,13H2. The smallest absolute Gasteiger partial charge is 0.272 e. The van der Waals surface area contributed by atoms with Crippen molar-refractivity contribution in [3.8, 4) is 0 Å². The molecule has 2 rings (SSSR count). The first kappa shape index (κ1) is 13.9. The maximum atomic E-state index is 12.1. The molecule has 0 unspecified atom stereocenters. The van der Waals surface area contributed by atoms with E-state index in [-0.39, 0.29) is 4.21 Å². The normalized spacial score (nSPS) is 11.4. The highest BCUT2D eigenvalue weighted by atomic mass is 79.9. The first-order valence-corrected chi connectivity index (χ1v) is 8.66. The highest BCUT2D eigenvalue weighted by Crippen LogP contribution is 2.30. The van der Waals surface area contributed by atoms with Crippen molar-refractivity contribution in [1.29, 1.82) is 0 Å². The summed E-state index contributed by atoms with van der Waals surface area (Å²) in [6.45, 7) is 0. The molecule has 0 saturated heterocycles. The monoisotopic (exact) mass is 410 g/mol. The molecule has 0 aliphatic carbocycles. The lowest BCUT2D eigenvalue weighted by atomic mass is 10.3. The van der Waals surface area contributed by atoms with Crippen LogP contribution in [0.2, 0.25) is 0 Å². The van der Waals surface area contributed by atoms with Crippen LogP contribution in [0.3, 0.4) is 0 Å². The Morgan fingerprint density at radius 2 is 1.89 bits per heavy atom. The van der Waals surface area contributed by atoms with Crippen molar-refractivity contribution >= 4 is 64.6 Å². The third-order valence-corrected chi connectivity index (χ3v) is 6.82. The number of halogens is 2. The Hall–Kier alpha value is -0.570. The van der Waals surface area contributed by atoms with Gasteiger partial charge in [-0.15, -0.1) is 11.3 Å². The molecule has 4 nitrogen and oxygen atoms in total. The van der Waals surface area contributed by atoms with Crippen LogP contribution in [-0.2, 0) is 10.0 Å². The number of benzene rings is 1. The Morgan fingerprint density at radius 3 is 2.44 bits per heavy atom. The van der Waals surface area contributed by atoms with Gasteiger partial charge in [-0.25, -0.2) is 8.42 Å². The molecule has 1 heterocycles. The second-order valence-electron chi connectivity index (χ2n) is 3.40. The van der Waals surface area contributed by atoms with Gasteiger partial charge in [0, 0.05) is 14.6 Å². The molecule has 96 valence electrons. The summed E-state index contributed by atoms with van der Waals surface area (Å²) >= 11 is 7.60. The minimum Gasteiger partial charge on any atom is -0.398 e. The van der Waals surface area contributed by atoms with Gasteiger partial charge in [0.2, 0.25) is 0 Å². The Kier molecular flexibility index (Phi) is 4.00. The molecule has 3 N–H and O–H groups in total. The molecular formula is C10H8Br2N2O2S2. The van der Waals surface area contributed by atoms with Crippen LogP contribution in [0.1, 0.15) is 0 Å². The van der Waals surface area contributed by atoms with E-state index in [0.717, 1.165) is 11.3 Å². The molecule has 1 aromatic heterocycles. The Balaban J connectivity index is 2.34. The molecule has 0 aliphatic heterocycles. The molecule has 2 aromatic rings. The Labute approximate surface area is 126 Å². The van der Waals surface area contributed by atoms with E-state index in [9.17, 15) is 8.42 Å². The summed E-state index contributed by atoms with van der Waals surface area (Å²) in [6, 6.07) is 6.55. The zero-order valence-electron chi connectivity index (χ0n) is 8.85. The second kappa shape index (κ2) is 5.20. The second-order valence-corrected chi connectivity index (χ2v) is 7.90. The summed E-state index contributed by atoms with van der Waals surface area (Å²) in [7, 11) is -3.57. The van der Waals surface area contributed by atoms with Gasteiger partial charge in [0.15, 0.2) is 4.21 Å². The maximum Gasteiger partial charge on any atom is 0.272 e. The molecule has 0 saturated carbocycles. The van der Waals surface area contributed by atoms with E-state index in [4.69, 9.17) is 5.73 Å². The van der Waals surface area contributed by atoms with Crippen molar-refractivity contribution in [2.24, 2.45) is 0 Å². The topological polar surface area (TPSA) is 72.2 Å². The number of rotatable bonds is 3. The number of nitrogens with two attached hydrogens (primary N) is 1. The summed E-state index contributed by atoms with van der Waals surface area (Å²) in [4.78, 5) is 0. The van der Waals surface area contributed by atoms with Crippen LogP contribution in [0, 0.1) is 0 Å². The van der Waals surface area contributed by atoms with Crippen molar-refractivity contribution in [2.75, 3.05) is 10.5 Å². The molecule has 0 bridgehead atoms. The Morgan fingerprint density at radius 1 is 1.17 bits per heavy atom. The van der Waals surface area contributed by atoms with Crippen LogP contribution in [0.15, 0.2) is 42.8 Å². The molecule has 8 heteroatoms. The van der Waals surface area contributed by atoms with Gasteiger partial charge in [0.1, 0.15) is 0 Å². The van der Waals surface area contributed by atoms with Gasteiger partial charge in [-0.1, -0.05) is 0 Å². The summed E-state index contributed by atoms with van der Waals surface area (Å²) in [6.07, 6.45) is 0. The number of thiophene rings is 1. The van der Waals surface area contributed by atoms with Crippen LogP contribution in [-0.4, -0.2) is 8.42 Å². The average molecular weight is 412 g/mol. The van der Waals surface area contributed by atoms with E-state index in [0.29, 0.717) is 20.3 Å². The third kappa shape index (κ3) is 2.87. The van der Waals surface area contributed by atoms with Crippen LogP contribution in [0.5, 0.6) is 0 Å². The molecule has 0 amide bonds. The van der Waals surface area contributed by atoms with Gasteiger partial charge in [-0.3, -0.25) is 4.72 Å². The zero-order valence-corrected chi connectivity index (χ0v) is 13.7. The van der Waals surface area contributed by atoms with Crippen molar-refractivity contribution in [1.82, 2.24) is 0 Å². The SMILES string of the molecule is Nc1ccc(NS(=O)(=O)c2sccc2Br)cc1Br. The van der Waals surface area contributed by atoms with E-state index in [2.05, 4.69) is 36.6 Å². The molecule has 1 aromatic carbocycles. The van der Waals surface area contributed by atoms with E-state index in [1.165, 1.54) is 0 Å². The van der Waals surface area contributed by atoms with Gasteiger partial charge >= 0.3 is 0 Å². The fourth-order valence-corrected chi connectivity index (χ4v) is 5.03. The van der Waals surface area contributed by atoms with Crippen LogP contribution < -0.4 is 10.5 Å². The van der Waals surface area contributed by atoms with Crippen LogP contribution >= 0.6 is 43.2 Å².